The molecular weight excluding hydrogens is 360 g/mol. The van der Waals surface area contributed by atoms with Crippen molar-refractivity contribution < 1.29 is 5.11 Å². The zero-order valence-corrected chi connectivity index (χ0v) is 15.3. The molecule has 0 saturated carbocycles. The molecule has 24 heavy (non-hydrogen) atoms. The second-order valence-corrected chi connectivity index (χ2v) is 7.31. The zero-order valence-electron chi connectivity index (χ0n) is 12.9. The fraction of sp³-hybridized carbons (Fsp3) is 0.111. The van der Waals surface area contributed by atoms with E-state index >= 15 is 0 Å². The molecule has 6 heteroatoms. The van der Waals surface area contributed by atoms with Gasteiger partial charge in [0.2, 0.25) is 5.88 Å². The number of halogens is 1. The first-order valence-electron chi connectivity index (χ1n) is 7.35. The molecule has 0 aliphatic carbocycles. The maximum atomic E-state index is 10.6. The maximum absolute atomic E-state index is 10.6. The van der Waals surface area contributed by atoms with Crippen LogP contribution in [-0.2, 0) is 0 Å². The Balaban J connectivity index is 1.96. The standard InChI is InChI=1S/C18H15ClN2OS2/c1-12(13-7-3-2-4-8-13)21-17(22)16(24-18(21)23)11-20-15-10-6-5-9-14(15)19/h2-12,22H,1H3/t12-/m1/s1. The lowest BCUT2D eigenvalue weighted by Crippen LogP contribution is -2.06. The van der Waals surface area contributed by atoms with Crippen LogP contribution in [0.1, 0.15) is 23.4 Å². The Labute approximate surface area is 154 Å². The number of hydrogen-bond acceptors (Lipinski definition) is 4. The molecule has 0 aliphatic heterocycles. The van der Waals surface area contributed by atoms with Crippen LogP contribution in [0, 0.1) is 3.95 Å². The van der Waals surface area contributed by atoms with E-state index in [-0.39, 0.29) is 11.9 Å². The average Bonchev–Trinajstić information content (AvgIpc) is 2.88. The fourth-order valence-corrected chi connectivity index (χ4v) is 3.91. The van der Waals surface area contributed by atoms with E-state index in [4.69, 9.17) is 23.8 Å². The average molecular weight is 375 g/mol. The monoisotopic (exact) mass is 374 g/mol. The van der Waals surface area contributed by atoms with Gasteiger partial charge in [-0.15, -0.1) is 0 Å². The Hall–Kier alpha value is -1.95. The summed E-state index contributed by atoms with van der Waals surface area (Å²) in [6, 6.07) is 17.2. The molecule has 1 heterocycles. The van der Waals surface area contributed by atoms with Crippen molar-refractivity contribution in [1.29, 1.82) is 0 Å². The normalized spacial score (nSPS) is 12.6. The van der Waals surface area contributed by atoms with Crippen LogP contribution in [0.5, 0.6) is 5.88 Å². The number of aliphatic imine (C=N–C) groups is 1. The number of para-hydroxylation sites is 1. The molecule has 122 valence electrons. The summed E-state index contributed by atoms with van der Waals surface area (Å²) in [4.78, 5) is 4.97. The number of rotatable bonds is 4. The van der Waals surface area contributed by atoms with E-state index in [9.17, 15) is 5.11 Å². The van der Waals surface area contributed by atoms with Gasteiger partial charge >= 0.3 is 0 Å². The fourth-order valence-electron chi connectivity index (χ4n) is 2.38. The summed E-state index contributed by atoms with van der Waals surface area (Å²) in [6.07, 6.45) is 1.60. The summed E-state index contributed by atoms with van der Waals surface area (Å²) in [5.74, 6) is 0.122. The van der Waals surface area contributed by atoms with E-state index in [1.54, 1.807) is 16.8 Å². The number of thiazole rings is 1. The number of hydrogen-bond donors (Lipinski definition) is 1. The van der Waals surface area contributed by atoms with Gasteiger partial charge < -0.3 is 5.11 Å². The highest BCUT2D eigenvalue weighted by Crippen LogP contribution is 2.32. The van der Waals surface area contributed by atoms with Crippen LogP contribution in [0.4, 0.5) is 5.69 Å². The molecule has 0 saturated heterocycles. The molecule has 3 rings (SSSR count). The highest BCUT2D eigenvalue weighted by molar-refractivity contribution is 7.73. The van der Waals surface area contributed by atoms with Crippen molar-refractivity contribution in [2.45, 2.75) is 13.0 Å². The van der Waals surface area contributed by atoms with E-state index in [0.29, 0.717) is 19.5 Å². The van der Waals surface area contributed by atoms with E-state index in [1.807, 2.05) is 55.5 Å². The molecule has 0 radical (unpaired) electrons. The molecule has 3 aromatic rings. The lowest BCUT2D eigenvalue weighted by Gasteiger charge is -2.14. The number of aromatic nitrogens is 1. The molecular formula is C18H15ClN2OS2. The smallest absolute Gasteiger partial charge is 0.212 e. The van der Waals surface area contributed by atoms with Crippen LogP contribution in [0.3, 0.4) is 0 Å². The topological polar surface area (TPSA) is 37.5 Å². The summed E-state index contributed by atoms with van der Waals surface area (Å²) >= 11 is 12.9. The zero-order chi connectivity index (χ0) is 17.1. The van der Waals surface area contributed by atoms with Crippen molar-refractivity contribution in [3.05, 3.63) is 74.0 Å². The molecule has 1 N–H and O–H groups in total. The number of benzene rings is 2. The molecule has 0 bridgehead atoms. The lowest BCUT2D eigenvalue weighted by molar-refractivity contribution is 0.405. The molecule has 0 spiro atoms. The lowest BCUT2D eigenvalue weighted by atomic mass is 10.1. The third-order valence-electron chi connectivity index (χ3n) is 3.69. The third-order valence-corrected chi connectivity index (χ3v) is 5.33. The number of aromatic hydroxyl groups is 1. The van der Waals surface area contributed by atoms with Gasteiger partial charge in [0.1, 0.15) is 4.88 Å². The Kier molecular flexibility index (Phi) is 5.14. The van der Waals surface area contributed by atoms with Crippen LogP contribution in [0.15, 0.2) is 59.6 Å². The Morgan fingerprint density at radius 2 is 1.83 bits per heavy atom. The third kappa shape index (κ3) is 3.43. The van der Waals surface area contributed by atoms with Crippen LogP contribution in [0.2, 0.25) is 5.02 Å². The Morgan fingerprint density at radius 1 is 1.17 bits per heavy atom. The summed E-state index contributed by atoms with van der Waals surface area (Å²) in [7, 11) is 0. The van der Waals surface area contributed by atoms with Crippen LogP contribution in [0.25, 0.3) is 0 Å². The van der Waals surface area contributed by atoms with Gasteiger partial charge in [-0.3, -0.25) is 9.56 Å². The summed E-state index contributed by atoms with van der Waals surface area (Å²) in [6.45, 7) is 2.01. The predicted molar refractivity (Wildman–Crippen MR) is 104 cm³/mol. The van der Waals surface area contributed by atoms with Gasteiger partial charge in [0.15, 0.2) is 3.95 Å². The van der Waals surface area contributed by atoms with Gasteiger partial charge in [-0.05, 0) is 36.8 Å². The molecule has 3 nitrogen and oxygen atoms in total. The van der Waals surface area contributed by atoms with Crippen LogP contribution in [-0.4, -0.2) is 15.9 Å². The first-order valence-corrected chi connectivity index (χ1v) is 8.96. The molecule has 1 aromatic heterocycles. The Bertz CT molecular complexity index is 932. The maximum Gasteiger partial charge on any atom is 0.212 e. The SMILES string of the molecule is C[C@H](c1ccccc1)n1c(O)c(C=Nc2ccccc2Cl)sc1=S. The highest BCUT2D eigenvalue weighted by Gasteiger charge is 2.17. The summed E-state index contributed by atoms with van der Waals surface area (Å²) in [5, 5.41) is 11.1. The molecule has 2 aromatic carbocycles. The van der Waals surface area contributed by atoms with Crippen LogP contribution < -0.4 is 0 Å². The van der Waals surface area contributed by atoms with Crippen molar-refractivity contribution in [2.75, 3.05) is 0 Å². The second-order valence-electron chi connectivity index (χ2n) is 5.22. The van der Waals surface area contributed by atoms with Crippen molar-refractivity contribution in [3.8, 4) is 5.88 Å². The quantitative estimate of drug-likeness (QED) is 0.449. The minimum atomic E-state index is -0.0580. The van der Waals surface area contributed by atoms with E-state index < -0.39 is 0 Å². The molecule has 0 aliphatic rings. The molecule has 0 fully saturated rings. The van der Waals surface area contributed by atoms with Crippen molar-refractivity contribution in [2.24, 2.45) is 4.99 Å². The van der Waals surface area contributed by atoms with E-state index in [2.05, 4.69) is 4.99 Å². The first-order chi connectivity index (χ1) is 11.6. The summed E-state index contributed by atoms with van der Waals surface area (Å²) < 4.78 is 2.34. The van der Waals surface area contributed by atoms with Gasteiger partial charge in [-0.2, -0.15) is 0 Å². The molecule has 0 unspecified atom stereocenters. The number of nitrogens with zero attached hydrogens (tertiary/aromatic N) is 2. The first kappa shape index (κ1) is 16.9. The van der Waals surface area contributed by atoms with Crippen LogP contribution >= 0.6 is 35.2 Å². The molecule has 1 atom stereocenters. The highest BCUT2D eigenvalue weighted by atomic mass is 35.5. The van der Waals surface area contributed by atoms with E-state index in [1.165, 1.54) is 11.3 Å². The van der Waals surface area contributed by atoms with Crippen molar-refractivity contribution in [1.82, 2.24) is 4.57 Å². The van der Waals surface area contributed by atoms with Gasteiger partial charge in [0.05, 0.1) is 23.0 Å². The second kappa shape index (κ2) is 7.30. The van der Waals surface area contributed by atoms with Crippen molar-refractivity contribution in [3.63, 3.8) is 0 Å². The largest absolute Gasteiger partial charge is 0.493 e. The Morgan fingerprint density at radius 3 is 2.54 bits per heavy atom. The van der Waals surface area contributed by atoms with Crippen molar-refractivity contribution >= 4 is 47.1 Å². The van der Waals surface area contributed by atoms with E-state index in [0.717, 1.165) is 5.56 Å². The van der Waals surface area contributed by atoms with Gasteiger partial charge in [0, 0.05) is 0 Å². The van der Waals surface area contributed by atoms with Gasteiger partial charge in [-0.25, -0.2) is 0 Å². The van der Waals surface area contributed by atoms with Gasteiger partial charge in [-0.1, -0.05) is 65.4 Å². The summed E-state index contributed by atoms with van der Waals surface area (Å²) in [5.41, 5.74) is 1.73. The van der Waals surface area contributed by atoms with Gasteiger partial charge in [0.25, 0.3) is 0 Å². The predicted octanol–water partition coefficient (Wildman–Crippen LogP) is 6.00. The molecule has 0 amide bonds. The minimum Gasteiger partial charge on any atom is -0.493 e. The minimum absolute atomic E-state index is 0.0580.